The molecule has 0 bridgehead atoms. The van der Waals surface area contributed by atoms with Gasteiger partial charge in [0.15, 0.2) is 0 Å². The van der Waals surface area contributed by atoms with Crippen LogP contribution in [0.5, 0.6) is 0 Å². The van der Waals surface area contributed by atoms with Crippen LogP contribution in [0.1, 0.15) is 12.0 Å². The van der Waals surface area contributed by atoms with E-state index in [2.05, 4.69) is 5.32 Å². The first-order chi connectivity index (χ1) is 8.70. The molecular weight excluding hydrogens is 250 g/mol. The van der Waals surface area contributed by atoms with Crippen LogP contribution >= 0.6 is 11.8 Å². The molecule has 2 rings (SSSR count). The first-order valence-electron chi connectivity index (χ1n) is 5.71. The molecule has 94 valence electrons. The first-order valence-corrected chi connectivity index (χ1v) is 6.86. The summed E-state index contributed by atoms with van der Waals surface area (Å²) in [5.74, 6) is 2.81. The molecule has 0 aliphatic carbocycles. The molecule has 5 nitrogen and oxygen atoms in total. The Hall–Kier alpha value is -1.74. The average molecular weight is 263 g/mol. The molecule has 1 heterocycles. The van der Waals surface area contributed by atoms with E-state index < -0.39 is 4.92 Å². The van der Waals surface area contributed by atoms with Gasteiger partial charge in [0.1, 0.15) is 5.69 Å². The summed E-state index contributed by atoms with van der Waals surface area (Å²) in [6.45, 7) is 0.725. The number of nitro benzene ring substituents is 1. The van der Waals surface area contributed by atoms with Crippen molar-refractivity contribution in [3.8, 4) is 6.07 Å². The maximum absolute atomic E-state index is 10.9. The van der Waals surface area contributed by atoms with Crippen LogP contribution in [0.25, 0.3) is 0 Å². The predicted octanol–water partition coefficient (Wildman–Crippen LogP) is 2.63. The van der Waals surface area contributed by atoms with E-state index in [-0.39, 0.29) is 5.69 Å². The van der Waals surface area contributed by atoms with Gasteiger partial charge in [-0.3, -0.25) is 10.1 Å². The highest BCUT2D eigenvalue weighted by Crippen LogP contribution is 2.28. The van der Waals surface area contributed by atoms with Gasteiger partial charge in [0, 0.05) is 12.6 Å². The summed E-state index contributed by atoms with van der Waals surface area (Å²) in [5.41, 5.74) is 0.902. The highest BCUT2D eigenvalue weighted by atomic mass is 32.2. The van der Waals surface area contributed by atoms with Crippen LogP contribution in [0.4, 0.5) is 11.4 Å². The van der Waals surface area contributed by atoms with Crippen molar-refractivity contribution in [2.75, 3.05) is 23.4 Å². The predicted molar refractivity (Wildman–Crippen MR) is 71.7 cm³/mol. The fourth-order valence-electron chi connectivity index (χ4n) is 1.91. The Bertz CT molecular complexity index is 493. The summed E-state index contributed by atoms with van der Waals surface area (Å²) < 4.78 is 0. The van der Waals surface area contributed by atoms with Crippen LogP contribution in [0.15, 0.2) is 18.2 Å². The molecule has 18 heavy (non-hydrogen) atoms. The Labute approximate surface area is 109 Å². The number of rotatable bonds is 4. The van der Waals surface area contributed by atoms with Gasteiger partial charge in [-0.25, -0.2) is 0 Å². The van der Waals surface area contributed by atoms with Crippen molar-refractivity contribution in [3.05, 3.63) is 33.9 Å². The van der Waals surface area contributed by atoms with Gasteiger partial charge >= 0.3 is 0 Å². The van der Waals surface area contributed by atoms with Crippen LogP contribution in [0.2, 0.25) is 0 Å². The molecule has 6 heteroatoms. The summed E-state index contributed by atoms with van der Waals surface area (Å²) in [7, 11) is 0. The summed E-state index contributed by atoms with van der Waals surface area (Å²) in [6.07, 6.45) is 1.14. The van der Waals surface area contributed by atoms with Crippen LogP contribution in [-0.2, 0) is 0 Å². The second-order valence-corrected chi connectivity index (χ2v) is 5.36. The summed E-state index contributed by atoms with van der Waals surface area (Å²) in [6, 6.07) is 6.38. The number of thioether (sulfide) groups is 1. The third-order valence-electron chi connectivity index (χ3n) is 2.93. The lowest BCUT2D eigenvalue weighted by atomic mass is 10.1. The van der Waals surface area contributed by atoms with Crippen molar-refractivity contribution < 1.29 is 4.92 Å². The SMILES string of the molecule is N#Cc1ccc([N+](=O)[O-])c(NCC2CCSC2)c1. The second kappa shape index (κ2) is 5.74. The number of hydrogen-bond donors (Lipinski definition) is 1. The van der Waals surface area contributed by atoms with E-state index in [0.717, 1.165) is 24.5 Å². The Kier molecular flexibility index (Phi) is 4.05. The van der Waals surface area contributed by atoms with Gasteiger partial charge in [-0.1, -0.05) is 0 Å². The van der Waals surface area contributed by atoms with Gasteiger partial charge in [-0.05, 0) is 36.0 Å². The highest BCUT2D eigenvalue weighted by Gasteiger charge is 2.18. The van der Waals surface area contributed by atoms with E-state index in [1.807, 2.05) is 17.8 Å². The Morgan fingerprint density at radius 3 is 3.06 bits per heavy atom. The first kappa shape index (κ1) is 12.7. The van der Waals surface area contributed by atoms with Crippen molar-refractivity contribution in [2.45, 2.75) is 6.42 Å². The van der Waals surface area contributed by atoms with Gasteiger partial charge in [0.05, 0.1) is 16.6 Å². The normalized spacial score (nSPS) is 18.3. The van der Waals surface area contributed by atoms with Gasteiger partial charge in [-0.15, -0.1) is 0 Å². The smallest absolute Gasteiger partial charge is 0.292 e. The molecule has 0 spiro atoms. The van der Waals surface area contributed by atoms with Crippen molar-refractivity contribution >= 4 is 23.1 Å². The van der Waals surface area contributed by atoms with Gasteiger partial charge in [0.2, 0.25) is 0 Å². The zero-order valence-corrected chi connectivity index (χ0v) is 10.6. The lowest BCUT2D eigenvalue weighted by molar-refractivity contribution is -0.384. The average Bonchev–Trinajstić information content (AvgIpc) is 2.88. The molecule has 1 aromatic carbocycles. The lowest BCUT2D eigenvalue weighted by Crippen LogP contribution is -2.14. The van der Waals surface area contributed by atoms with E-state index in [0.29, 0.717) is 17.2 Å². The molecule has 1 N–H and O–H groups in total. The molecule has 1 atom stereocenters. The van der Waals surface area contributed by atoms with Crippen molar-refractivity contribution in [1.82, 2.24) is 0 Å². The minimum atomic E-state index is -0.424. The highest BCUT2D eigenvalue weighted by molar-refractivity contribution is 7.99. The maximum atomic E-state index is 10.9. The van der Waals surface area contributed by atoms with E-state index in [9.17, 15) is 10.1 Å². The molecule has 1 unspecified atom stereocenters. The molecule has 1 aromatic rings. The van der Waals surface area contributed by atoms with Gasteiger partial charge in [0.25, 0.3) is 5.69 Å². The van der Waals surface area contributed by atoms with Crippen LogP contribution in [-0.4, -0.2) is 23.0 Å². The largest absolute Gasteiger partial charge is 0.379 e. The third kappa shape index (κ3) is 2.93. The molecule has 0 aromatic heterocycles. The summed E-state index contributed by atoms with van der Waals surface area (Å²) >= 11 is 1.91. The molecule has 0 radical (unpaired) electrons. The quantitative estimate of drug-likeness (QED) is 0.667. The zero-order chi connectivity index (χ0) is 13.0. The number of hydrogen-bond acceptors (Lipinski definition) is 5. The lowest BCUT2D eigenvalue weighted by Gasteiger charge is -2.11. The minimum absolute atomic E-state index is 0.0275. The molecule has 0 amide bonds. The maximum Gasteiger partial charge on any atom is 0.292 e. The summed E-state index contributed by atoms with van der Waals surface area (Å²) in [5, 5.41) is 22.8. The monoisotopic (exact) mass is 263 g/mol. The van der Waals surface area contributed by atoms with Crippen molar-refractivity contribution in [3.63, 3.8) is 0 Å². The molecule has 1 aliphatic rings. The fourth-order valence-corrected chi connectivity index (χ4v) is 3.19. The second-order valence-electron chi connectivity index (χ2n) is 4.21. The number of nitrogens with zero attached hydrogens (tertiary/aromatic N) is 2. The summed E-state index contributed by atoms with van der Waals surface area (Å²) in [4.78, 5) is 10.5. The standard InChI is InChI=1S/C12H13N3O2S/c13-6-9-1-2-12(15(16)17)11(5-9)14-7-10-3-4-18-8-10/h1-2,5,10,14H,3-4,7-8H2. The number of nitro groups is 1. The Morgan fingerprint density at radius 1 is 1.61 bits per heavy atom. The van der Waals surface area contributed by atoms with Crippen LogP contribution < -0.4 is 5.32 Å². The zero-order valence-electron chi connectivity index (χ0n) is 9.76. The Balaban J connectivity index is 2.13. The van der Waals surface area contributed by atoms with E-state index in [1.165, 1.54) is 12.1 Å². The fraction of sp³-hybridized carbons (Fsp3) is 0.417. The van der Waals surface area contributed by atoms with Gasteiger partial charge < -0.3 is 5.32 Å². The molecular formula is C12H13N3O2S. The number of benzene rings is 1. The molecule has 1 fully saturated rings. The topological polar surface area (TPSA) is 79.0 Å². The number of anilines is 1. The molecule has 1 aliphatic heterocycles. The number of nitriles is 1. The number of nitrogens with one attached hydrogen (secondary N) is 1. The molecule has 0 saturated carbocycles. The van der Waals surface area contributed by atoms with Gasteiger partial charge in [-0.2, -0.15) is 17.0 Å². The van der Waals surface area contributed by atoms with Crippen molar-refractivity contribution in [1.29, 1.82) is 5.26 Å². The van der Waals surface area contributed by atoms with E-state index in [1.54, 1.807) is 6.07 Å². The van der Waals surface area contributed by atoms with Crippen LogP contribution in [0.3, 0.4) is 0 Å². The van der Waals surface area contributed by atoms with E-state index >= 15 is 0 Å². The minimum Gasteiger partial charge on any atom is -0.379 e. The van der Waals surface area contributed by atoms with Crippen molar-refractivity contribution in [2.24, 2.45) is 5.92 Å². The molecule has 1 saturated heterocycles. The Morgan fingerprint density at radius 2 is 2.44 bits per heavy atom. The van der Waals surface area contributed by atoms with E-state index in [4.69, 9.17) is 5.26 Å². The van der Waals surface area contributed by atoms with Crippen LogP contribution in [0, 0.1) is 27.4 Å². The third-order valence-corrected chi connectivity index (χ3v) is 4.16.